The number of amides is 1. The third-order valence-electron chi connectivity index (χ3n) is 2.15. The Morgan fingerprint density at radius 3 is 2.36 bits per heavy atom. The zero-order valence-corrected chi connectivity index (χ0v) is 9.79. The SMILES string of the molecule is CCCN(C(C)C)N(C)C(=O)CCN. The van der Waals surface area contributed by atoms with E-state index in [4.69, 9.17) is 5.73 Å². The molecule has 0 bridgehead atoms. The lowest BCUT2D eigenvalue weighted by Gasteiger charge is -2.35. The van der Waals surface area contributed by atoms with Crippen LogP contribution < -0.4 is 5.73 Å². The molecule has 0 atom stereocenters. The van der Waals surface area contributed by atoms with Crippen molar-refractivity contribution in [2.24, 2.45) is 5.73 Å². The fourth-order valence-electron chi connectivity index (χ4n) is 1.41. The molecule has 4 nitrogen and oxygen atoms in total. The van der Waals surface area contributed by atoms with E-state index in [1.807, 2.05) is 7.05 Å². The summed E-state index contributed by atoms with van der Waals surface area (Å²) in [6, 6.07) is 0.349. The van der Waals surface area contributed by atoms with Gasteiger partial charge in [0.2, 0.25) is 5.91 Å². The third kappa shape index (κ3) is 4.07. The zero-order valence-electron chi connectivity index (χ0n) is 9.79. The maximum atomic E-state index is 11.6. The Morgan fingerprint density at radius 2 is 2.00 bits per heavy atom. The predicted molar refractivity (Wildman–Crippen MR) is 58.6 cm³/mol. The lowest BCUT2D eigenvalue weighted by molar-refractivity contribution is -0.148. The molecule has 0 heterocycles. The Balaban J connectivity index is 4.26. The van der Waals surface area contributed by atoms with Crippen molar-refractivity contribution in [3.05, 3.63) is 0 Å². The second-order valence-electron chi connectivity index (χ2n) is 3.71. The molecule has 0 aromatic rings. The summed E-state index contributed by atoms with van der Waals surface area (Å²) in [7, 11) is 1.81. The fourth-order valence-corrected chi connectivity index (χ4v) is 1.41. The van der Waals surface area contributed by atoms with Gasteiger partial charge in [-0.25, -0.2) is 5.01 Å². The summed E-state index contributed by atoms with van der Waals surface area (Å²) in [4.78, 5) is 11.6. The van der Waals surface area contributed by atoms with E-state index in [1.165, 1.54) is 0 Å². The highest BCUT2D eigenvalue weighted by atomic mass is 16.2. The van der Waals surface area contributed by atoms with Crippen LogP contribution in [0.3, 0.4) is 0 Å². The first-order valence-electron chi connectivity index (χ1n) is 5.27. The predicted octanol–water partition coefficient (Wildman–Crippen LogP) is 0.829. The summed E-state index contributed by atoms with van der Waals surface area (Å²) in [6.45, 7) is 7.60. The standard InChI is InChI=1S/C10H23N3O/c1-5-8-13(9(2)3)12(4)10(14)6-7-11/h9H,5-8,11H2,1-4H3. The second-order valence-corrected chi connectivity index (χ2v) is 3.71. The first-order valence-corrected chi connectivity index (χ1v) is 5.27. The van der Waals surface area contributed by atoms with Crippen molar-refractivity contribution in [2.45, 2.75) is 39.7 Å². The van der Waals surface area contributed by atoms with Gasteiger partial charge in [0.15, 0.2) is 0 Å². The minimum Gasteiger partial charge on any atom is -0.330 e. The van der Waals surface area contributed by atoms with Gasteiger partial charge in [-0.05, 0) is 20.3 Å². The number of nitrogens with zero attached hydrogens (tertiary/aromatic N) is 2. The molecule has 0 saturated carbocycles. The molecular weight excluding hydrogens is 178 g/mol. The number of hydrazine groups is 1. The summed E-state index contributed by atoms with van der Waals surface area (Å²) in [5.74, 6) is 0.0923. The van der Waals surface area contributed by atoms with E-state index in [2.05, 4.69) is 25.8 Å². The van der Waals surface area contributed by atoms with Crippen molar-refractivity contribution in [1.82, 2.24) is 10.0 Å². The van der Waals surface area contributed by atoms with Crippen LogP contribution in [-0.4, -0.2) is 42.1 Å². The summed E-state index contributed by atoms with van der Waals surface area (Å²) in [6.07, 6.45) is 1.46. The highest BCUT2D eigenvalue weighted by Gasteiger charge is 2.18. The molecule has 0 fully saturated rings. The molecule has 0 radical (unpaired) electrons. The molecule has 0 aromatic carbocycles. The van der Waals surface area contributed by atoms with Crippen molar-refractivity contribution in [3.8, 4) is 0 Å². The summed E-state index contributed by atoms with van der Waals surface area (Å²) in [5, 5.41) is 3.76. The number of hydrogen-bond donors (Lipinski definition) is 1. The molecule has 4 heteroatoms. The average Bonchev–Trinajstić information content (AvgIpc) is 2.13. The number of hydrogen-bond acceptors (Lipinski definition) is 3. The molecule has 0 aromatic heterocycles. The van der Waals surface area contributed by atoms with Gasteiger partial charge in [0, 0.05) is 32.6 Å². The van der Waals surface area contributed by atoms with Crippen LogP contribution in [0.2, 0.25) is 0 Å². The van der Waals surface area contributed by atoms with Crippen LogP contribution >= 0.6 is 0 Å². The average molecular weight is 201 g/mol. The van der Waals surface area contributed by atoms with Gasteiger partial charge in [-0.2, -0.15) is 0 Å². The van der Waals surface area contributed by atoms with E-state index < -0.39 is 0 Å². The summed E-state index contributed by atoms with van der Waals surface area (Å²) in [5.41, 5.74) is 5.35. The van der Waals surface area contributed by atoms with Crippen molar-refractivity contribution < 1.29 is 4.79 Å². The Hall–Kier alpha value is -0.610. The van der Waals surface area contributed by atoms with Crippen LogP contribution in [0.15, 0.2) is 0 Å². The second kappa shape index (κ2) is 6.79. The minimum atomic E-state index is 0.0923. The molecule has 0 saturated heterocycles. The number of rotatable bonds is 6. The maximum Gasteiger partial charge on any atom is 0.237 e. The largest absolute Gasteiger partial charge is 0.330 e. The molecule has 0 aliphatic rings. The minimum absolute atomic E-state index is 0.0923. The smallest absolute Gasteiger partial charge is 0.237 e. The molecule has 0 spiro atoms. The first-order chi connectivity index (χ1) is 6.54. The van der Waals surface area contributed by atoms with Crippen LogP contribution in [0.4, 0.5) is 0 Å². The Kier molecular flexibility index (Phi) is 6.49. The lowest BCUT2D eigenvalue weighted by atomic mass is 10.3. The van der Waals surface area contributed by atoms with Crippen molar-refractivity contribution in [3.63, 3.8) is 0 Å². The molecule has 1 amide bonds. The van der Waals surface area contributed by atoms with Gasteiger partial charge >= 0.3 is 0 Å². The Bertz CT molecular complexity index is 171. The quantitative estimate of drug-likeness (QED) is 0.648. The zero-order chi connectivity index (χ0) is 11.1. The molecular formula is C10H23N3O. The lowest BCUT2D eigenvalue weighted by Crippen LogP contribution is -2.48. The normalized spacial score (nSPS) is 11.1. The van der Waals surface area contributed by atoms with Gasteiger partial charge in [-0.1, -0.05) is 6.92 Å². The van der Waals surface area contributed by atoms with E-state index in [-0.39, 0.29) is 5.91 Å². The van der Waals surface area contributed by atoms with Crippen molar-refractivity contribution >= 4 is 5.91 Å². The first kappa shape index (κ1) is 13.4. The van der Waals surface area contributed by atoms with Gasteiger partial charge in [-0.15, -0.1) is 0 Å². The topological polar surface area (TPSA) is 49.6 Å². The van der Waals surface area contributed by atoms with Gasteiger partial charge in [0.05, 0.1) is 0 Å². The van der Waals surface area contributed by atoms with E-state index >= 15 is 0 Å². The number of nitrogens with two attached hydrogens (primary N) is 1. The fraction of sp³-hybridized carbons (Fsp3) is 0.900. The Labute approximate surface area is 87.0 Å². The number of carbonyl (C=O) groups is 1. The molecule has 0 rings (SSSR count). The molecule has 0 aliphatic carbocycles. The summed E-state index contributed by atoms with van der Waals surface area (Å²) >= 11 is 0. The Morgan fingerprint density at radius 1 is 1.43 bits per heavy atom. The van der Waals surface area contributed by atoms with Crippen LogP contribution in [0.1, 0.15) is 33.6 Å². The van der Waals surface area contributed by atoms with Crippen LogP contribution in [0, 0.1) is 0 Å². The number of carbonyl (C=O) groups excluding carboxylic acids is 1. The molecule has 0 unspecified atom stereocenters. The monoisotopic (exact) mass is 201 g/mol. The highest BCUT2D eigenvalue weighted by Crippen LogP contribution is 2.05. The maximum absolute atomic E-state index is 11.6. The molecule has 2 N–H and O–H groups in total. The van der Waals surface area contributed by atoms with Gasteiger partial charge in [-0.3, -0.25) is 9.80 Å². The van der Waals surface area contributed by atoms with Crippen molar-refractivity contribution in [1.29, 1.82) is 0 Å². The van der Waals surface area contributed by atoms with Gasteiger partial charge in [0.1, 0.15) is 0 Å². The van der Waals surface area contributed by atoms with E-state index in [0.29, 0.717) is 19.0 Å². The van der Waals surface area contributed by atoms with E-state index in [0.717, 1.165) is 13.0 Å². The molecule has 14 heavy (non-hydrogen) atoms. The molecule has 84 valence electrons. The van der Waals surface area contributed by atoms with E-state index in [9.17, 15) is 4.79 Å². The highest BCUT2D eigenvalue weighted by molar-refractivity contribution is 5.75. The van der Waals surface area contributed by atoms with Gasteiger partial charge < -0.3 is 5.73 Å². The van der Waals surface area contributed by atoms with Crippen LogP contribution in [-0.2, 0) is 4.79 Å². The third-order valence-corrected chi connectivity index (χ3v) is 2.15. The van der Waals surface area contributed by atoms with E-state index in [1.54, 1.807) is 5.01 Å². The van der Waals surface area contributed by atoms with Crippen LogP contribution in [0.25, 0.3) is 0 Å². The van der Waals surface area contributed by atoms with Crippen LogP contribution in [0.5, 0.6) is 0 Å². The van der Waals surface area contributed by atoms with Crippen molar-refractivity contribution in [2.75, 3.05) is 20.1 Å². The van der Waals surface area contributed by atoms with Gasteiger partial charge in [0.25, 0.3) is 0 Å². The summed E-state index contributed by atoms with van der Waals surface area (Å²) < 4.78 is 0. The molecule has 0 aliphatic heterocycles.